The fourth-order valence-corrected chi connectivity index (χ4v) is 2.93. The van der Waals surface area contributed by atoms with Crippen molar-refractivity contribution in [2.24, 2.45) is 0 Å². The number of alkyl halides is 7. The van der Waals surface area contributed by atoms with Crippen molar-refractivity contribution >= 4 is 17.3 Å². The summed E-state index contributed by atoms with van der Waals surface area (Å²) in [7, 11) is 1.41. The average molecular weight is 440 g/mol. The number of hydrogen-bond acceptors (Lipinski definition) is 2. The van der Waals surface area contributed by atoms with Gasteiger partial charge in [-0.3, -0.25) is 4.79 Å². The third-order valence-electron chi connectivity index (χ3n) is 4.46. The van der Waals surface area contributed by atoms with Crippen LogP contribution in [-0.4, -0.2) is 25.3 Å². The molecule has 2 aromatic rings. The van der Waals surface area contributed by atoms with Crippen LogP contribution < -0.4 is 10.6 Å². The largest absolute Gasteiger partial charge is 0.435 e. The fraction of sp³-hybridized carbons (Fsp3) is 0.316. The Hall–Kier alpha value is -2.85. The van der Waals surface area contributed by atoms with Gasteiger partial charge < -0.3 is 10.6 Å². The molecule has 0 bridgehead atoms. The van der Waals surface area contributed by atoms with Gasteiger partial charge in [0.1, 0.15) is 0 Å². The number of nitrogens with one attached hydrogen (secondary N) is 2. The number of anilines is 2. The summed E-state index contributed by atoms with van der Waals surface area (Å²) < 4.78 is 106. The monoisotopic (exact) mass is 440 g/mol. The number of rotatable bonds is 4. The first-order valence-electron chi connectivity index (χ1n) is 8.36. The number of aryl methyl sites for hydroxylation is 2. The van der Waals surface area contributed by atoms with E-state index in [0.29, 0.717) is 12.1 Å². The lowest BCUT2D eigenvalue weighted by Crippen LogP contribution is -2.50. The van der Waals surface area contributed by atoms with Crippen LogP contribution in [0.2, 0.25) is 0 Å². The minimum Gasteiger partial charge on any atom is -0.386 e. The first kappa shape index (κ1) is 23.4. The molecule has 3 nitrogen and oxygen atoms in total. The molecular formula is C19H16F8N2O. The van der Waals surface area contributed by atoms with E-state index >= 15 is 0 Å². The second kappa shape index (κ2) is 7.77. The van der Waals surface area contributed by atoms with Crippen molar-refractivity contribution in [1.29, 1.82) is 0 Å². The molecule has 0 unspecified atom stereocenters. The second-order valence-corrected chi connectivity index (χ2v) is 6.51. The number of hydrogen-bond donors (Lipinski definition) is 2. The summed E-state index contributed by atoms with van der Waals surface area (Å²) in [6.07, 6.45) is -12.5. The molecule has 30 heavy (non-hydrogen) atoms. The van der Waals surface area contributed by atoms with Crippen molar-refractivity contribution in [2.45, 2.75) is 31.9 Å². The number of carbonyl (C=O) groups excluding carboxylic acids is 1. The van der Waals surface area contributed by atoms with E-state index in [1.54, 1.807) is 0 Å². The van der Waals surface area contributed by atoms with Crippen LogP contribution in [-0.2, 0) is 5.67 Å². The van der Waals surface area contributed by atoms with Crippen LogP contribution in [0.4, 0.5) is 46.5 Å². The van der Waals surface area contributed by atoms with Crippen LogP contribution in [0, 0.1) is 19.7 Å². The topological polar surface area (TPSA) is 41.1 Å². The molecule has 0 fully saturated rings. The zero-order chi connectivity index (χ0) is 23.1. The van der Waals surface area contributed by atoms with E-state index in [1.165, 1.54) is 19.2 Å². The smallest absolute Gasteiger partial charge is 0.386 e. The maximum atomic E-state index is 14.3. The van der Waals surface area contributed by atoms with Gasteiger partial charge in [-0.2, -0.15) is 26.3 Å². The van der Waals surface area contributed by atoms with E-state index < -0.39 is 40.9 Å². The van der Waals surface area contributed by atoms with Gasteiger partial charge in [0.2, 0.25) is 0 Å². The highest BCUT2D eigenvalue weighted by atomic mass is 19.4. The second-order valence-electron chi connectivity index (χ2n) is 6.51. The highest BCUT2D eigenvalue weighted by molar-refractivity contribution is 6.05. The third-order valence-corrected chi connectivity index (χ3v) is 4.46. The van der Waals surface area contributed by atoms with Crippen LogP contribution in [0.3, 0.4) is 0 Å². The van der Waals surface area contributed by atoms with Gasteiger partial charge in [0.25, 0.3) is 5.91 Å². The molecule has 1 amide bonds. The molecule has 0 aliphatic rings. The fourth-order valence-electron chi connectivity index (χ4n) is 2.93. The van der Waals surface area contributed by atoms with Gasteiger partial charge in [-0.05, 0) is 37.1 Å². The molecule has 0 heterocycles. The summed E-state index contributed by atoms with van der Waals surface area (Å²) in [5.74, 6) is -1.89. The van der Waals surface area contributed by atoms with Gasteiger partial charge in [0.05, 0.1) is 11.3 Å². The molecule has 2 rings (SSSR count). The minimum atomic E-state index is -6.26. The molecule has 0 aromatic heterocycles. The Morgan fingerprint density at radius 2 is 1.40 bits per heavy atom. The van der Waals surface area contributed by atoms with Gasteiger partial charge in [-0.25, -0.2) is 8.78 Å². The van der Waals surface area contributed by atoms with E-state index in [0.717, 1.165) is 19.9 Å². The van der Waals surface area contributed by atoms with Gasteiger partial charge in [-0.1, -0.05) is 18.2 Å². The summed E-state index contributed by atoms with van der Waals surface area (Å²) in [6.45, 7) is 2.19. The Labute approximate surface area is 166 Å². The average Bonchev–Trinajstić information content (AvgIpc) is 2.61. The number of amides is 1. The molecule has 0 atom stereocenters. The van der Waals surface area contributed by atoms with Gasteiger partial charge in [-0.15, -0.1) is 0 Å². The maximum Gasteiger partial charge on any atom is 0.435 e. The molecule has 0 aliphatic heterocycles. The summed E-state index contributed by atoms with van der Waals surface area (Å²) in [6, 6.07) is 4.57. The first-order valence-corrected chi connectivity index (χ1v) is 8.36. The lowest BCUT2D eigenvalue weighted by Gasteiger charge is -2.31. The molecule has 0 spiro atoms. The van der Waals surface area contributed by atoms with Crippen molar-refractivity contribution in [3.05, 3.63) is 58.4 Å². The Balaban J connectivity index is 2.51. The number of benzene rings is 2. The van der Waals surface area contributed by atoms with Gasteiger partial charge in [0, 0.05) is 18.3 Å². The Bertz CT molecular complexity index is 929. The minimum absolute atomic E-state index is 0.00371. The molecule has 164 valence electrons. The molecule has 0 aliphatic carbocycles. The molecular weight excluding hydrogens is 424 g/mol. The van der Waals surface area contributed by atoms with E-state index in [1.807, 2.05) is 0 Å². The molecule has 2 aromatic carbocycles. The Kier molecular flexibility index (Phi) is 6.07. The normalized spacial score (nSPS) is 12.6. The molecule has 2 N–H and O–H groups in total. The SMILES string of the molecule is CNc1cccc(C(=O)Nc2c(C)cc(C(F)(C(F)(F)F)C(F)(F)F)cc2C)c1F. The zero-order valence-electron chi connectivity index (χ0n) is 15.8. The lowest BCUT2D eigenvalue weighted by molar-refractivity contribution is -0.348. The van der Waals surface area contributed by atoms with Gasteiger partial charge >= 0.3 is 18.0 Å². The Morgan fingerprint density at radius 1 is 0.900 bits per heavy atom. The predicted octanol–water partition coefficient (Wildman–Crippen LogP) is 6.03. The zero-order valence-corrected chi connectivity index (χ0v) is 15.8. The van der Waals surface area contributed by atoms with Crippen LogP contribution in [0.1, 0.15) is 27.0 Å². The van der Waals surface area contributed by atoms with E-state index in [-0.39, 0.29) is 22.5 Å². The Morgan fingerprint density at radius 3 is 1.83 bits per heavy atom. The summed E-state index contributed by atoms with van der Waals surface area (Å²) in [4.78, 5) is 12.4. The van der Waals surface area contributed by atoms with Crippen molar-refractivity contribution in [2.75, 3.05) is 17.7 Å². The summed E-state index contributed by atoms with van der Waals surface area (Å²) in [5.41, 5.74) is -8.36. The van der Waals surface area contributed by atoms with Crippen LogP contribution in [0.15, 0.2) is 30.3 Å². The maximum absolute atomic E-state index is 14.3. The molecule has 11 heteroatoms. The van der Waals surface area contributed by atoms with Crippen molar-refractivity contribution in [1.82, 2.24) is 0 Å². The van der Waals surface area contributed by atoms with Crippen molar-refractivity contribution in [3.8, 4) is 0 Å². The van der Waals surface area contributed by atoms with Gasteiger partial charge in [0.15, 0.2) is 5.82 Å². The van der Waals surface area contributed by atoms with Crippen LogP contribution in [0.5, 0.6) is 0 Å². The van der Waals surface area contributed by atoms with Crippen LogP contribution >= 0.6 is 0 Å². The first-order chi connectivity index (χ1) is 13.6. The lowest BCUT2D eigenvalue weighted by atomic mass is 9.90. The predicted molar refractivity (Wildman–Crippen MR) is 94.7 cm³/mol. The summed E-state index contributed by atoms with van der Waals surface area (Å²) in [5, 5.41) is 4.77. The quantitative estimate of drug-likeness (QED) is 0.571. The molecule has 0 radical (unpaired) electrons. The summed E-state index contributed by atoms with van der Waals surface area (Å²) >= 11 is 0. The highest BCUT2D eigenvalue weighted by Gasteiger charge is 2.73. The van der Waals surface area contributed by atoms with E-state index in [4.69, 9.17) is 0 Å². The van der Waals surface area contributed by atoms with Crippen molar-refractivity contribution < 1.29 is 39.9 Å². The standard InChI is InChI=1S/C19H16F8N2O/c1-9-7-11(17(21,18(22,23)24)19(25,26)27)8-10(2)15(9)29-16(30)12-5-4-6-13(28-3)14(12)20/h4-8,28H,1-3H3,(H,29,30). The van der Waals surface area contributed by atoms with E-state index in [9.17, 15) is 39.9 Å². The van der Waals surface area contributed by atoms with Crippen molar-refractivity contribution in [3.63, 3.8) is 0 Å². The molecule has 0 saturated carbocycles. The van der Waals surface area contributed by atoms with Crippen LogP contribution in [0.25, 0.3) is 0 Å². The number of halogens is 8. The van der Waals surface area contributed by atoms with E-state index in [2.05, 4.69) is 10.6 Å². The highest BCUT2D eigenvalue weighted by Crippen LogP contribution is 2.53. The molecule has 0 saturated heterocycles. The third kappa shape index (κ3) is 3.92. The number of carbonyl (C=O) groups is 1.